The van der Waals surface area contributed by atoms with Gasteiger partial charge in [0.25, 0.3) is 5.91 Å². The minimum atomic E-state index is -0.0390. The molecular weight excluding hydrogens is 300 g/mol. The van der Waals surface area contributed by atoms with E-state index in [0.29, 0.717) is 23.8 Å². The van der Waals surface area contributed by atoms with E-state index in [0.717, 1.165) is 19.5 Å². The van der Waals surface area contributed by atoms with Crippen LogP contribution in [0.3, 0.4) is 0 Å². The summed E-state index contributed by atoms with van der Waals surface area (Å²) in [6.45, 7) is 4.86. The Bertz CT molecular complexity index is 714. The van der Waals surface area contributed by atoms with Gasteiger partial charge in [-0.1, -0.05) is 18.2 Å². The first-order valence-electron chi connectivity index (χ1n) is 8.39. The van der Waals surface area contributed by atoms with Gasteiger partial charge in [0, 0.05) is 30.9 Å². The third-order valence-electron chi connectivity index (χ3n) is 4.54. The maximum absolute atomic E-state index is 12.3. The number of amides is 1. The molecule has 24 heavy (non-hydrogen) atoms. The smallest absolute Gasteiger partial charge is 0.251 e. The molecule has 3 rings (SSSR count). The largest absolute Gasteiger partial charge is 0.497 e. The number of methoxy groups -OCH3 is 1. The van der Waals surface area contributed by atoms with Crippen molar-refractivity contribution in [2.24, 2.45) is 5.92 Å². The Balaban J connectivity index is 1.53. The number of carbonyl (C=O) groups excluding carboxylic acids is 1. The summed E-state index contributed by atoms with van der Waals surface area (Å²) in [5.41, 5.74) is 3.20. The Morgan fingerprint density at radius 3 is 2.88 bits per heavy atom. The Hall–Kier alpha value is -2.49. The molecule has 4 nitrogen and oxygen atoms in total. The summed E-state index contributed by atoms with van der Waals surface area (Å²) < 4.78 is 5.17. The number of nitrogens with zero attached hydrogens (tertiary/aromatic N) is 1. The standard InChI is InChI=1S/C20H24N2O2/c1-15-5-3-7-18(11-15)22-10-9-16(14-22)13-21-20(23)17-6-4-8-19(12-17)24-2/h3-8,11-12,16H,9-10,13-14H2,1-2H3,(H,21,23). The van der Waals surface area contributed by atoms with E-state index < -0.39 is 0 Å². The fourth-order valence-electron chi connectivity index (χ4n) is 3.16. The minimum absolute atomic E-state index is 0.0390. The molecule has 4 heteroatoms. The van der Waals surface area contributed by atoms with Crippen LogP contribution >= 0.6 is 0 Å². The molecule has 0 radical (unpaired) electrons. The summed E-state index contributed by atoms with van der Waals surface area (Å²) in [5.74, 6) is 1.15. The predicted octanol–water partition coefficient (Wildman–Crippen LogP) is 3.26. The molecular formula is C20H24N2O2. The SMILES string of the molecule is COc1cccc(C(=O)NCC2CCN(c3cccc(C)c3)C2)c1. The molecule has 0 aliphatic carbocycles. The zero-order chi connectivity index (χ0) is 16.9. The number of hydrogen-bond donors (Lipinski definition) is 1. The molecule has 1 aliphatic heterocycles. The highest BCUT2D eigenvalue weighted by molar-refractivity contribution is 5.94. The number of nitrogens with one attached hydrogen (secondary N) is 1. The number of benzene rings is 2. The van der Waals surface area contributed by atoms with Gasteiger partial charge in [0.15, 0.2) is 0 Å². The lowest BCUT2D eigenvalue weighted by Crippen LogP contribution is -2.31. The summed E-state index contributed by atoms with van der Waals surface area (Å²) in [7, 11) is 1.61. The molecule has 2 aromatic carbocycles. The molecule has 2 aromatic rings. The van der Waals surface area contributed by atoms with Gasteiger partial charge in [0.05, 0.1) is 7.11 Å². The van der Waals surface area contributed by atoms with Gasteiger partial charge in [-0.05, 0) is 55.2 Å². The van der Waals surface area contributed by atoms with E-state index in [4.69, 9.17) is 4.74 Å². The molecule has 1 saturated heterocycles. The molecule has 0 aromatic heterocycles. The molecule has 1 amide bonds. The summed E-state index contributed by atoms with van der Waals surface area (Å²) in [6, 6.07) is 15.8. The van der Waals surface area contributed by atoms with Crippen LogP contribution in [0, 0.1) is 12.8 Å². The molecule has 0 bridgehead atoms. The van der Waals surface area contributed by atoms with Crippen LogP contribution in [0.2, 0.25) is 0 Å². The Morgan fingerprint density at radius 1 is 1.25 bits per heavy atom. The number of hydrogen-bond acceptors (Lipinski definition) is 3. The molecule has 126 valence electrons. The van der Waals surface area contributed by atoms with E-state index in [1.54, 1.807) is 13.2 Å². The van der Waals surface area contributed by atoms with Crippen LogP contribution < -0.4 is 15.0 Å². The second-order valence-corrected chi connectivity index (χ2v) is 6.38. The maximum Gasteiger partial charge on any atom is 0.251 e. The highest BCUT2D eigenvalue weighted by atomic mass is 16.5. The maximum atomic E-state index is 12.3. The topological polar surface area (TPSA) is 41.6 Å². The lowest BCUT2D eigenvalue weighted by atomic mass is 10.1. The van der Waals surface area contributed by atoms with Gasteiger partial charge in [-0.2, -0.15) is 0 Å². The molecule has 1 atom stereocenters. The Labute approximate surface area is 143 Å². The van der Waals surface area contributed by atoms with Gasteiger partial charge in [-0.25, -0.2) is 0 Å². The fourth-order valence-corrected chi connectivity index (χ4v) is 3.16. The van der Waals surface area contributed by atoms with E-state index >= 15 is 0 Å². The van der Waals surface area contributed by atoms with E-state index in [1.807, 2.05) is 18.2 Å². The summed E-state index contributed by atoms with van der Waals surface area (Å²) >= 11 is 0. The van der Waals surface area contributed by atoms with E-state index in [9.17, 15) is 4.79 Å². The van der Waals surface area contributed by atoms with Crippen molar-refractivity contribution in [3.8, 4) is 5.75 Å². The van der Waals surface area contributed by atoms with Crippen LogP contribution in [0.1, 0.15) is 22.3 Å². The molecule has 0 spiro atoms. The number of ether oxygens (including phenoxy) is 1. The van der Waals surface area contributed by atoms with Crippen molar-refractivity contribution in [1.29, 1.82) is 0 Å². The van der Waals surface area contributed by atoms with Gasteiger partial charge in [0.1, 0.15) is 5.75 Å². The van der Waals surface area contributed by atoms with Crippen molar-refractivity contribution in [1.82, 2.24) is 5.32 Å². The summed E-state index contributed by atoms with van der Waals surface area (Å²) in [4.78, 5) is 14.7. The zero-order valence-electron chi connectivity index (χ0n) is 14.3. The van der Waals surface area contributed by atoms with Crippen molar-refractivity contribution >= 4 is 11.6 Å². The van der Waals surface area contributed by atoms with E-state index in [1.165, 1.54) is 11.3 Å². The van der Waals surface area contributed by atoms with Crippen molar-refractivity contribution in [2.75, 3.05) is 31.6 Å². The van der Waals surface area contributed by atoms with Crippen LogP contribution in [-0.4, -0.2) is 32.7 Å². The van der Waals surface area contributed by atoms with Gasteiger partial charge >= 0.3 is 0 Å². The third-order valence-corrected chi connectivity index (χ3v) is 4.54. The van der Waals surface area contributed by atoms with Crippen molar-refractivity contribution < 1.29 is 9.53 Å². The fraction of sp³-hybridized carbons (Fsp3) is 0.350. The molecule has 1 N–H and O–H groups in total. The number of anilines is 1. The monoisotopic (exact) mass is 324 g/mol. The number of carbonyl (C=O) groups is 1. The van der Waals surface area contributed by atoms with Crippen LogP contribution in [0.25, 0.3) is 0 Å². The quantitative estimate of drug-likeness (QED) is 0.918. The predicted molar refractivity (Wildman–Crippen MR) is 96.8 cm³/mol. The first-order chi connectivity index (χ1) is 11.7. The molecule has 1 aliphatic rings. The van der Waals surface area contributed by atoms with Gasteiger partial charge in [0.2, 0.25) is 0 Å². The zero-order valence-corrected chi connectivity index (χ0v) is 14.3. The number of rotatable bonds is 5. The van der Waals surface area contributed by atoms with Crippen LogP contribution in [0.4, 0.5) is 5.69 Å². The van der Waals surface area contributed by atoms with E-state index in [-0.39, 0.29) is 5.91 Å². The van der Waals surface area contributed by atoms with Crippen molar-refractivity contribution in [3.05, 3.63) is 59.7 Å². The van der Waals surface area contributed by atoms with Crippen LogP contribution in [0.5, 0.6) is 5.75 Å². The second-order valence-electron chi connectivity index (χ2n) is 6.38. The highest BCUT2D eigenvalue weighted by Gasteiger charge is 2.23. The normalized spacial score (nSPS) is 16.9. The molecule has 0 saturated carbocycles. The molecule has 1 unspecified atom stereocenters. The lowest BCUT2D eigenvalue weighted by molar-refractivity contribution is 0.0948. The molecule has 1 heterocycles. The first-order valence-corrected chi connectivity index (χ1v) is 8.39. The van der Waals surface area contributed by atoms with Crippen molar-refractivity contribution in [2.45, 2.75) is 13.3 Å². The minimum Gasteiger partial charge on any atom is -0.497 e. The van der Waals surface area contributed by atoms with Gasteiger partial charge in [-0.3, -0.25) is 4.79 Å². The lowest BCUT2D eigenvalue weighted by Gasteiger charge is -2.19. The second kappa shape index (κ2) is 7.39. The highest BCUT2D eigenvalue weighted by Crippen LogP contribution is 2.24. The summed E-state index contributed by atoms with van der Waals surface area (Å²) in [5, 5.41) is 3.05. The Morgan fingerprint density at radius 2 is 2.08 bits per heavy atom. The number of aryl methyl sites for hydroxylation is 1. The first kappa shape index (κ1) is 16.4. The van der Waals surface area contributed by atoms with E-state index in [2.05, 4.69) is 41.4 Å². The van der Waals surface area contributed by atoms with Gasteiger partial charge < -0.3 is 15.0 Å². The van der Waals surface area contributed by atoms with Crippen molar-refractivity contribution in [3.63, 3.8) is 0 Å². The third kappa shape index (κ3) is 3.88. The molecule has 1 fully saturated rings. The average Bonchev–Trinajstić information content (AvgIpc) is 3.09. The van der Waals surface area contributed by atoms with Gasteiger partial charge in [-0.15, -0.1) is 0 Å². The average molecular weight is 324 g/mol. The van der Waals surface area contributed by atoms with Crippen LogP contribution in [0.15, 0.2) is 48.5 Å². The summed E-state index contributed by atoms with van der Waals surface area (Å²) in [6.07, 6.45) is 1.10. The Kier molecular flexibility index (Phi) is 5.04. The van der Waals surface area contributed by atoms with Crippen LogP contribution in [-0.2, 0) is 0 Å².